The largest absolute Gasteiger partial charge is 0.399 e. The third-order valence-electron chi connectivity index (χ3n) is 4.03. The quantitative estimate of drug-likeness (QED) is 0.823. The van der Waals surface area contributed by atoms with E-state index in [1.54, 1.807) is 0 Å². The van der Waals surface area contributed by atoms with Gasteiger partial charge in [0.25, 0.3) is 0 Å². The van der Waals surface area contributed by atoms with E-state index in [1.807, 2.05) is 28.9 Å². The lowest BCUT2D eigenvalue weighted by Gasteiger charge is -2.19. The van der Waals surface area contributed by atoms with E-state index >= 15 is 0 Å². The molecule has 3 unspecified atom stereocenters. The molecule has 6 nitrogen and oxygen atoms in total. The zero-order valence-electron chi connectivity index (χ0n) is 10.4. The molecule has 2 aromatic rings. The maximum atomic E-state index is 5.88. The average molecular weight is 257 g/mol. The lowest BCUT2D eigenvalue weighted by Crippen LogP contribution is -2.22. The molecule has 2 aliphatic rings. The van der Waals surface area contributed by atoms with Gasteiger partial charge < -0.3 is 10.5 Å². The maximum absolute atomic E-state index is 5.88. The van der Waals surface area contributed by atoms with Gasteiger partial charge in [-0.25, -0.2) is 4.68 Å². The summed E-state index contributed by atoms with van der Waals surface area (Å²) in [6, 6.07) is 7.91. The first-order chi connectivity index (χ1) is 9.31. The molecule has 98 valence electrons. The number of benzene rings is 1. The lowest BCUT2D eigenvalue weighted by atomic mass is 9.95. The molecule has 3 heterocycles. The van der Waals surface area contributed by atoms with Gasteiger partial charge in [0.15, 0.2) is 5.82 Å². The summed E-state index contributed by atoms with van der Waals surface area (Å²) in [5, 5.41) is 12.1. The molecule has 0 saturated carbocycles. The molecular formula is C13H15N5O. The van der Waals surface area contributed by atoms with Gasteiger partial charge in [-0.15, -0.1) is 5.10 Å². The molecule has 3 atom stereocenters. The van der Waals surface area contributed by atoms with Crippen LogP contribution in [-0.4, -0.2) is 32.4 Å². The van der Waals surface area contributed by atoms with Crippen LogP contribution in [0.5, 0.6) is 0 Å². The van der Waals surface area contributed by atoms with Crippen molar-refractivity contribution in [2.24, 2.45) is 0 Å². The van der Waals surface area contributed by atoms with Gasteiger partial charge in [0.05, 0.1) is 18.2 Å². The van der Waals surface area contributed by atoms with Gasteiger partial charge in [0.1, 0.15) is 0 Å². The van der Waals surface area contributed by atoms with Crippen molar-refractivity contribution in [3.05, 3.63) is 24.3 Å². The number of nitrogens with zero attached hydrogens (tertiary/aromatic N) is 4. The maximum Gasteiger partial charge on any atom is 0.182 e. The second-order valence-electron chi connectivity index (χ2n) is 5.25. The Morgan fingerprint density at radius 1 is 1.32 bits per heavy atom. The van der Waals surface area contributed by atoms with E-state index in [4.69, 9.17) is 10.5 Å². The SMILES string of the molecule is Nc1cccc(-c2nnnn2C2CC3CCC2O3)c1. The first kappa shape index (κ1) is 10.9. The fraction of sp³-hybridized carbons (Fsp3) is 0.462. The smallest absolute Gasteiger partial charge is 0.182 e. The number of ether oxygens (including phenoxy) is 1. The summed E-state index contributed by atoms with van der Waals surface area (Å²) in [7, 11) is 0. The van der Waals surface area contributed by atoms with Crippen LogP contribution >= 0.6 is 0 Å². The lowest BCUT2D eigenvalue weighted by molar-refractivity contribution is 0.0922. The summed E-state index contributed by atoms with van der Waals surface area (Å²) in [6.07, 6.45) is 3.91. The van der Waals surface area contributed by atoms with Crippen molar-refractivity contribution >= 4 is 5.69 Å². The van der Waals surface area contributed by atoms with Gasteiger partial charge in [-0.3, -0.25) is 0 Å². The molecule has 6 heteroatoms. The van der Waals surface area contributed by atoms with E-state index in [9.17, 15) is 0 Å². The minimum Gasteiger partial charge on any atom is -0.399 e. The molecule has 4 rings (SSSR count). The number of nitrogen functional groups attached to an aromatic ring is 1. The Morgan fingerprint density at radius 2 is 2.26 bits per heavy atom. The van der Waals surface area contributed by atoms with Crippen molar-refractivity contribution in [3.8, 4) is 11.4 Å². The topological polar surface area (TPSA) is 78.9 Å². The molecule has 2 N–H and O–H groups in total. The van der Waals surface area contributed by atoms with E-state index in [0.717, 1.165) is 36.3 Å². The highest BCUT2D eigenvalue weighted by molar-refractivity contribution is 5.60. The van der Waals surface area contributed by atoms with Crippen molar-refractivity contribution in [1.29, 1.82) is 0 Å². The summed E-state index contributed by atoms with van der Waals surface area (Å²) >= 11 is 0. The number of hydrogen-bond acceptors (Lipinski definition) is 5. The molecule has 2 bridgehead atoms. The first-order valence-electron chi connectivity index (χ1n) is 6.60. The van der Waals surface area contributed by atoms with Gasteiger partial charge in [0, 0.05) is 11.3 Å². The molecule has 2 fully saturated rings. The van der Waals surface area contributed by atoms with E-state index in [1.165, 1.54) is 0 Å². The van der Waals surface area contributed by atoms with Gasteiger partial charge in [-0.2, -0.15) is 0 Å². The number of nitrogens with two attached hydrogens (primary N) is 1. The number of fused-ring (bicyclic) bond motifs is 2. The Balaban J connectivity index is 1.73. The standard InChI is InChI=1S/C13H15N5O/c14-9-3-1-2-8(6-9)13-15-16-17-18(13)11-7-10-4-5-12(11)19-10/h1-3,6,10-12H,4-5,7,14H2. The summed E-state index contributed by atoms with van der Waals surface area (Å²) < 4.78 is 7.78. The highest BCUT2D eigenvalue weighted by Gasteiger charge is 2.43. The van der Waals surface area contributed by atoms with Crippen LogP contribution < -0.4 is 5.73 Å². The highest BCUT2D eigenvalue weighted by Crippen LogP contribution is 2.42. The molecule has 0 amide bonds. The predicted molar refractivity (Wildman–Crippen MR) is 69.2 cm³/mol. The normalized spacial score (nSPS) is 28.9. The average Bonchev–Trinajstić information content (AvgIpc) is 3.14. The molecule has 1 aromatic heterocycles. The Bertz CT molecular complexity index is 611. The minimum atomic E-state index is 0.255. The molecule has 1 aromatic carbocycles. The van der Waals surface area contributed by atoms with Crippen LogP contribution in [0.2, 0.25) is 0 Å². The van der Waals surface area contributed by atoms with Gasteiger partial charge in [-0.05, 0) is 41.8 Å². The zero-order chi connectivity index (χ0) is 12.8. The van der Waals surface area contributed by atoms with Crippen LogP contribution in [0.1, 0.15) is 25.3 Å². The van der Waals surface area contributed by atoms with Gasteiger partial charge in [-0.1, -0.05) is 12.1 Å². The number of aromatic nitrogens is 4. The van der Waals surface area contributed by atoms with Crippen LogP contribution in [0.4, 0.5) is 5.69 Å². The minimum absolute atomic E-state index is 0.255. The van der Waals surface area contributed by atoms with Crippen LogP contribution in [0.15, 0.2) is 24.3 Å². The van der Waals surface area contributed by atoms with Crippen LogP contribution in [0.25, 0.3) is 11.4 Å². The van der Waals surface area contributed by atoms with Gasteiger partial charge >= 0.3 is 0 Å². The first-order valence-corrected chi connectivity index (χ1v) is 6.60. The second-order valence-corrected chi connectivity index (χ2v) is 5.25. The molecular weight excluding hydrogens is 242 g/mol. The molecule has 2 aliphatic heterocycles. The van der Waals surface area contributed by atoms with Crippen LogP contribution in [0, 0.1) is 0 Å². The van der Waals surface area contributed by atoms with E-state index in [0.29, 0.717) is 6.10 Å². The molecule has 19 heavy (non-hydrogen) atoms. The fourth-order valence-electron chi connectivity index (χ4n) is 3.15. The number of hydrogen-bond donors (Lipinski definition) is 1. The summed E-state index contributed by atoms with van der Waals surface area (Å²) in [5.41, 5.74) is 7.50. The van der Waals surface area contributed by atoms with Crippen molar-refractivity contribution in [3.63, 3.8) is 0 Å². The van der Waals surface area contributed by atoms with Crippen LogP contribution in [-0.2, 0) is 4.74 Å². The predicted octanol–water partition coefficient (Wildman–Crippen LogP) is 1.41. The van der Waals surface area contributed by atoms with Crippen molar-refractivity contribution in [2.45, 2.75) is 37.5 Å². The Labute approximate surface area is 110 Å². The molecule has 0 radical (unpaired) electrons. The third kappa shape index (κ3) is 1.71. The van der Waals surface area contributed by atoms with E-state index < -0.39 is 0 Å². The number of rotatable bonds is 2. The Morgan fingerprint density at radius 3 is 3.00 bits per heavy atom. The van der Waals surface area contributed by atoms with E-state index in [2.05, 4.69) is 15.5 Å². The highest BCUT2D eigenvalue weighted by atomic mass is 16.5. The van der Waals surface area contributed by atoms with E-state index in [-0.39, 0.29) is 12.1 Å². The van der Waals surface area contributed by atoms with Crippen molar-refractivity contribution in [2.75, 3.05) is 5.73 Å². The second kappa shape index (κ2) is 4.03. The fourth-order valence-corrected chi connectivity index (χ4v) is 3.15. The zero-order valence-corrected chi connectivity index (χ0v) is 10.4. The molecule has 0 spiro atoms. The summed E-state index contributed by atoms with van der Waals surface area (Å²) in [6.45, 7) is 0. The summed E-state index contributed by atoms with van der Waals surface area (Å²) in [4.78, 5) is 0. The van der Waals surface area contributed by atoms with Crippen molar-refractivity contribution in [1.82, 2.24) is 20.2 Å². The Kier molecular flexibility index (Phi) is 2.32. The number of anilines is 1. The Hall–Kier alpha value is -1.95. The molecule has 2 saturated heterocycles. The van der Waals surface area contributed by atoms with Crippen molar-refractivity contribution < 1.29 is 4.74 Å². The molecule has 0 aliphatic carbocycles. The van der Waals surface area contributed by atoms with Crippen LogP contribution in [0.3, 0.4) is 0 Å². The summed E-state index contributed by atoms with van der Waals surface area (Å²) in [5.74, 6) is 0.772. The number of tetrazole rings is 1. The third-order valence-corrected chi connectivity index (χ3v) is 4.03. The monoisotopic (exact) mass is 257 g/mol. The van der Waals surface area contributed by atoms with Gasteiger partial charge in [0.2, 0.25) is 0 Å².